The monoisotopic (exact) mass is 412 g/mol. The highest BCUT2D eigenvalue weighted by Gasteiger charge is 2.29. The van der Waals surface area contributed by atoms with Crippen LogP contribution in [0.3, 0.4) is 0 Å². The van der Waals surface area contributed by atoms with Crippen molar-refractivity contribution in [2.24, 2.45) is 5.73 Å². The first-order chi connectivity index (χ1) is 13.1. The van der Waals surface area contributed by atoms with Crippen molar-refractivity contribution >= 4 is 16.0 Å². The van der Waals surface area contributed by atoms with E-state index in [0.717, 1.165) is 29.7 Å². The van der Waals surface area contributed by atoms with Crippen LogP contribution in [0.2, 0.25) is 0 Å². The molecule has 0 saturated carbocycles. The van der Waals surface area contributed by atoms with Gasteiger partial charge in [0.1, 0.15) is 19.2 Å². The number of nitrogens with two attached hydrogens (primary N) is 1. The van der Waals surface area contributed by atoms with E-state index in [1.165, 1.54) is 19.3 Å². The van der Waals surface area contributed by atoms with E-state index in [0.29, 0.717) is 11.1 Å². The van der Waals surface area contributed by atoms with Crippen molar-refractivity contribution in [3.05, 3.63) is 28.8 Å². The molecule has 0 aliphatic carbocycles. The molecule has 1 fully saturated rings. The van der Waals surface area contributed by atoms with E-state index >= 15 is 0 Å². The number of aryl methyl sites for hydroxylation is 3. The van der Waals surface area contributed by atoms with E-state index in [2.05, 4.69) is 11.8 Å². The van der Waals surface area contributed by atoms with Gasteiger partial charge in [0.2, 0.25) is 10.0 Å². The number of carbonyl (C=O) groups is 1. The summed E-state index contributed by atoms with van der Waals surface area (Å²) in [5.74, 6) is -0.628. The zero-order chi connectivity index (χ0) is 20.9. The number of sulfonamides is 1. The average molecular weight is 413 g/mol. The fraction of sp³-hybridized carbons (Fsp3) is 0.650. The highest BCUT2D eigenvalue weighted by molar-refractivity contribution is 7.89. The number of benzene rings is 1. The molecule has 158 valence electrons. The summed E-state index contributed by atoms with van der Waals surface area (Å²) in [6, 6.07) is 2.51. The second kappa shape index (κ2) is 9.35. The molecule has 1 aromatic carbocycles. The molecular formula is C20H34N3O4S+. The summed E-state index contributed by atoms with van der Waals surface area (Å²) < 4.78 is 34.4. The van der Waals surface area contributed by atoms with Crippen LogP contribution in [0.1, 0.15) is 36.0 Å². The van der Waals surface area contributed by atoms with Crippen LogP contribution in [-0.2, 0) is 19.6 Å². The molecule has 1 heterocycles. The summed E-state index contributed by atoms with van der Waals surface area (Å²) in [4.78, 5) is 12.6. The topological polar surface area (TPSA) is 98.5 Å². The smallest absolute Gasteiger partial charge is 0.325 e. The highest BCUT2D eigenvalue weighted by atomic mass is 32.2. The van der Waals surface area contributed by atoms with E-state index in [1.807, 2.05) is 6.92 Å². The molecule has 1 aliphatic heterocycles. The summed E-state index contributed by atoms with van der Waals surface area (Å²) in [7, 11) is -1.72. The van der Waals surface area contributed by atoms with Gasteiger partial charge in [-0.05, 0) is 51.2 Å². The Kier molecular flexibility index (Phi) is 7.61. The molecule has 1 saturated heterocycles. The molecule has 0 bridgehead atoms. The molecule has 1 unspecified atom stereocenters. The minimum Gasteiger partial charge on any atom is -0.458 e. The number of likely N-dealkylation sites (N-methyl/N-ethyl adjacent to an activating group) is 1. The summed E-state index contributed by atoms with van der Waals surface area (Å²) in [5, 5.41) is 0. The lowest BCUT2D eigenvalue weighted by molar-refractivity contribution is -0.914. The van der Waals surface area contributed by atoms with E-state index in [1.54, 1.807) is 26.0 Å². The van der Waals surface area contributed by atoms with E-state index in [4.69, 9.17) is 10.5 Å². The number of hydrogen-bond acceptors (Lipinski definition) is 5. The Labute approximate surface area is 168 Å². The van der Waals surface area contributed by atoms with Crippen molar-refractivity contribution in [1.29, 1.82) is 0 Å². The maximum atomic E-state index is 12.9. The molecule has 2 rings (SSSR count). The third-order valence-corrected chi connectivity index (χ3v) is 7.24. The Morgan fingerprint density at radius 3 is 2.29 bits per heavy atom. The lowest BCUT2D eigenvalue weighted by Crippen LogP contribution is -2.51. The van der Waals surface area contributed by atoms with Crippen molar-refractivity contribution in [3.8, 4) is 0 Å². The number of piperidine rings is 1. The Hall–Kier alpha value is -1.48. The molecule has 1 atom stereocenters. The molecular weight excluding hydrogens is 378 g/mol. The van der Waals surface area contributed by atoms with Gasteiger partial charge in [0, 0.05) is 6.54 Å². The van der Waals surface area contributed by atoms with Crippen molar-refractivity contribution in [2.75, 3.05) is 39.8 Å². The van der Waals surface area contributed by atoms with Gasteiger partial charge in [0.05, 0.1) is 25.0 Å². The Morgan fingerprint density at radius 2 is 1.75 bits per heavy atom. The number of quaternary nitrogens is 1. The van der Waals surface area contributed by atoms with Crippen molar-refractivity contribution < 1.29 is 22.4 Å². The molecule has 1 aromatic rings. The molecule has 0 amide bonds. The molecule has 0 aromatic heterocycles. The minimum atomic E-state index is -3.89. The first-order valence-corrected chi connectivity index (χ1v) is 11.4. The Bertz CT molecular complexity index is 779. The van der Waals surface area contributed by atoms with Gasteiger partial charge in [-0.3, -0.25) is 4.79 Å². The third-order valence-electron chi connectivity index (χ3n) is 5.46. The van der Waals surface area contributed by atoms with Crippen LogP contribution in [0.15, 0.2) is 17.0 Å². The van der Waals surface area contributed by atoms with Gasteiger partial charge in [-0.15, -0.1) is 0 Å². The standard InChI is InChI=1S/C20H34N3O4S/c1-15-12-16(2)19(17(3)13-15)28(25,26)22-18(14-21)20(24)27-11-10-23(4)8-6-5-7-9-23/h12-13,18,22H,5-11,14,21H2,1-4H3/q+1. The van der Waals surface area contributed by atoms with E-state index < -0.39 is 22.0 Å². The van der Waals surface area contributed by atoms with Gasteiger partial charge >= 0.3 is 5.97 Å². The Balaban J connectivity index is 2.01. The van der Waals surface area contributed by atoms with Gasteiger partial charge in [0.25, 0.3) is 0 Å². The van der Waals surface area contributed by atoms with E-state index in [9.17, 15) is 13.2 Å². The van der Waals surface area contributed by atoms with Gasteiger partial charge in [-0.1, -0.05) is 17.7 Å². The maximum absolute atomic E-state index is 12.9. The van der Waals surface area contributed by atoms with E-state index in [-0.39, 0.29) is 18.0 Å². The van der Waals surface area contributed by atoms with Crippen LogP contribution in [0, 0.1) is 20.8 Å². The van der Waals surface area contributed by atoms with Crippen LogP contribution in [-0.4, -0.2) is 64.7 Å². The summed E-state index contributed by atoms with van der Waals surface area (Å²) in [6.07, 6.45) is 3.62. The fourth-order valence-electron chi connectivity index (χ4n) is 4.00. The van der Waals surface area contributed by atoms with Crippen LogP contribution in [0.5, 0.6) is 0 Å². The third kappa shape index (κ3) is 5.76. The lowest BCUT2D eigenvalue weighted by Gasteiger charge is -2.37. The summed E-state index contributed by atoms with van der Waals surface area (Å²) >= 11 is 0. The summed E-state index contributed by atoms with van der Waals surface area (Å²) in [5.41, 5.74) is 7.92. The van der Waals surface area contributed by atoms with Crippen molar-refractivity contribution in [1.82, 2.24) is 4.72 Å². The van der Waals surface area contributed by atoms with Gasteiger partial charge < -0.3 is 15.0 Å². The van der Waals surface area contributed by atoms with Crippen LogP contribution < -0.4 is 10.5 Å². The normalized spacial score (nSPS) is 17.9. The number of rotatable bonds is 8. The SMILES string of the molecule is Cc1cc(C)c(S(=O)(=O)NC(CN)C(=O)OCC[N+]2(C)CCCCC2)c(C)c1. The first-order valence-electron chi connectivity index (χ1n) is 9.88. The zero-order valence-corrected chi connectivity index (χ0v) is 18.3. The van der Waals surface area contributed by atoms with Crippen LogP contribution >= 0.6 is 0 Å². The molecule has 28 heavy (non-hydrogen) atoms. The molecule has 8 heteroatoms. The number of ether oxygens (including phenoxy) is 1. The molecule has 0 spiro atoms. The van der Waals surface area contributed by atoms with Gasteiger partial charge in [-0.25, -0.2) is 8.42 Å². The zero-order valence-electron chi connectivity index (χ0n) is 17.5. The maximum Gasteiger partial charge on any atom is 0.325 e. The molecule has 7 nitrogen and oxygen atoms in total. The number of carbonyl (C=O) groups excluding carboxylic acids is 1. The predicted molar refractivity (Wildman–Crippen MR) is 109 cm³/mol. The molecule has 3 N–H and O–H groups in total. The number of nitrogens with zero attached hydrogens (tertiary/aromatic N) is 1. The van der Waals surface area contributed by atoms with Gasteiger partial charge in [-0.2, -0.15) is 4.72 Å². The van der Waals surface area contributed by atoms with Crippen LogP contribution in [0.25, 0.3) is 0 Å². The number of esters is 1. The largest absolute Gasteiger partial charge is 0.458 e. The quantitative estimate of drug-likeness (QED) is 0.497. The van der Waals surface area contributed by atoms with Crippen molar-refractivity contribution in [3.63, 3.8) is 0 Å². The second-order valence-corrected chi connectivity index (χ2v) is 9.81. The lowest BCUT2D eigenvalue weighted by atomic mass is 10.1. The minimum absolute atomic E-state index is 0.159. The number of nitrogens with one attached hydrogen (secondary N) is 1. The highest BCUT2D eigenvalue weighted by Crippen LogP contribution is 2.22. The Morgan fingerprint density at radius 1 is 1.18 bits per heavy atom. The first kappa shape index (κ1) is 22.8. The van der Waals surface area contributed by atoms with Crippen molar-refractivity contribution in [2.45, 2.75) is 51.0 Å². The van der Waals surface area contributed by atoms with Gasteiger partial charge in [0.15, 0.2) is 0 Å². The molecule has 1 aliphatic rings. The summed E-state index contributed by atoms with van der Waals surface area (Å²) in [6.45, 7) is 8.39. The molecule has 0 radical (unpaired) electrons. The fourth-order valence-corrected chi connectivity index (χ4v) is 5.65. The van der Waals surface area contributed by atoms with Crippen LogP contribution in [0.4, 0.5) is 0 Å². The predicted octanol–water partition coefficient (Wildman–Crippen LogP) is 1.39. The second-order valence-electron chi connectivity index (χ2n) is 8.16. The average Bonchev–Trinajstić information content (AvgIpc) is 2.58. The number of hydrogen-bond donors (Lipinski definition) is 2. The number of likely N-dealkylation sites (tertiary alicyclic amines) is 1.